The van der Waals surface area contributed by atoms with Crippen LogP contribution < -0.4 is 4.74 Å². The SMILES string of the molecule is COc1ccc(C(=O)N2CCCCC2c2c(C(=O)N3CC[C@H](c4ccccc4)C3)cnn2-c2ccc(Cl)cc2)cc1. The Morgan fingerprint density at radius 1 is 0.878 bits per heavy atom. The van der Waals surface area contributed by atoms with Crippen molar-refractivity contribution < 1.29 is 14.3 Å². The van der Waals surface area contributed by atoms with E-state index in [4.69, 9.17) is 21.4 Å². The molecule has 2 aliphatic heterocycles. The van der Waals surface area contributed by atoms with E-state index >= 15 is 0 Å². The van der Waals surface area contributed by atoms with Gasteiger partial charge >= 0.3 is 0 Å². The molecule has 3 aromatic carbocycles. The molecule has 210 valence electrons. The second-order valence-corrected chi connectivity index (χ2v) is 11.2. The Morgan fingerprint density at radius 3 is 2.37 bits per heavy atom. The van der Waals surface area contributed by atoms with Crippen molar-refractivity contribution in [3.05, 3.63) is 112 Å². The summed E-state index contributed by atoms with van der Waals surface area (Å²) in [5.41, 5.74) is 3.95. The van der Waals surface area contributed by atoms with Gasteiger partial charge in [-0.25, -0.2) is 4.68 Å². The topological polar surface area (TPSA) is 67.7 Å². The van der Waals surface area contributed by atoms with Crippen molar-refractivity contribution in [3.8, 4) is 11.4 Å². The number of carbonyl (C=O) groups is 2. The molecule has 0 saturated carbocycles. The van der Waals surface area contributed by atoms with Crippen LogP contribution >= 0.6 is 11.6 Å². The van der Waals surface area contributed by atoms with Gasteiger partial charge in [-0.15, -0.1) is 0 Å². The van der Waals surface area contributed by atoms with Gasteiger partial charge in [-0.1, -0.05) is 41.9 Å². The molecule has 4 aromatic rings. The number of hydrogen-bond donors (Lipinski definition) is 0. The van der Waals surface area contributed by atoms with Crippen LogP contribution in [-0.2, 0) is 0 Å². The largest absolute Gasteiger partial charge is 0.497 e. The minimum Gasteiger partial charge on any atom is -0.497 e. The number of methoxy groups -OCH3 is 1. The van der Waals surface area contributed by atoms with Crippen LogP contribution in [0, 0.1) is 0 Å². The summed E-state index contributed by atoms with van der Waals surface area (Å²) in [7, 11) is 1.61. The number of rotatable bonds is 6. The Kier molecular flexibility index (Phi) is 7.79. The molecule has 6 rings (SSSR count). The van der Waals surface area contributed by atoms with E-state index in [1.165, 1.54) is 5.56 Å². The van der Waals surface area contributed by atoms with Crippen molar-refractivity contribution >= 4 is 23.4 Å². The maximum atomic E-state index is 14.1. The number of benzene rings is 3. The maximum absolute atomic E-state index is 14.1. The van der Waals surface area contributed by atoms with Crippen molar-refractivity contribution in [2.45, 2.75) is 37.6 Å². The molecule has 1 unspecified atom stereocenters. The van der Waals surface area contributed by atoms with Gasteiger partial charge in [0.25, 0.3) is 11.8 Å². The summed E-state index contributed by atoms with van der Waals surface area (Å²) in [5.74, 6) is 0.897. The molecule has 8 heteroatoms. The number of aromatic nitrogens is 2. The summed E-state index contributed by atoms with van der Waals surface area (Å²) in [6.45, 7) is 1.95. The Morgan fingerprint density at radius 2 is 1.63 bits per heavy atom. The normalized spacial score (nSPS) is 18.9. The quantitative estimate of drug-likeness (QED) is 0.265. The molecule has 0 aliphatic carbocycles. The molecule has 1 aromatic heterocycles. The first kappa shape index (κ1) is 27.1. The predicted molar refractivity (Wildman–Crippen MR) is 159 cm³/mol. The third-order valence-electron chi connectivity index (χ3n) is 8.27. The van der Waals surface area contributed by atoms with Crippen molar-refractivity contribution in [1.82, 2.24) is 19.6 Å². The molecule has 0 spiro atoms. The first-order valence-electron chi connectivity index (χ1n) is 14.2. The Bertz CT molecular complexity index is 1520. The van der Waals surface area contributed by atoms with Crippen molar-refractivity contribution in [2.75, 3.05) is 26.7 Å². The smallest absolute Gasteiger partial charge is 0.257 e. The highest BCUT2D eigenvalue weighted by Crippen LogP contribution is 2.37. The van der Waals surface area contributed by atoms with Crippen LogP contribution in [0.25, 0.3) is 5.69 Å². The van der Waals surface area contributed by atoms with E-state index in [1.54, 1.807) is 37.6 Å². The lowest BCUT2D eigenvalue weighted by molar-refractivity contribution is 0.0595. The van der Waals surface area contributed by atoms with Gasteiger partial charge in [-0.3, -0.25) is 9.59 Å². The van der Waals surface area contributed by atoms with Crippen LogP contribution in [0.5, 0.6) is 5.75 Å². The number of hydrogen-bond acceptors (Lipinski definition) is 4. The molecule has 2 aliphatic rings. The van der Waals surface area contributed by atoms with Crippen LogP contribution in [0.3, 0.4) is 0 Å². The fourth-order valence-corrected chi connectivity index (χ4v) is 6.23. The van der Waals surface area contributed by atoms with Crippen molar-refractivity contribution in [3.63, 3.8) is 0 Å². The predicted octanol–water partition coefficient (Wildman–Crippen LogP) is 6.53. The van der Waals surface area contributed by atoms with Crippen LogP contribution in [0.1, 0.15) is 69.6 Å². The molecule has 0 N–H and O–H groups in total. The zero-order valence-electron chi connectivity index (χ0n) is 23.1. The molecular weight excluding hydrogens is 536 g/mol. The first-order valence-corrected chi connectivity index (χ1v) is 14.5. The summed E-state index contributed by atoms with van der Waals surface area (Å²) in [6, 6.07) is 24.7. The summed E-state index contributed by atoms with van der Waals surface area (Å²) in [6.07, 6.45) is 5.20. The van der Waals surface area contributed by atoms with Crippen LogP contribution in [0.2, 0.25) is 5.02 Å². The van der Waals surface area contributed by atoms with Gasteiger partial charge in [0.15, 0.2) is 0 Å². The van der Waals surface area contributed by atoms with Crippen LogP contribution in [-0.4, -0.2) is 58.1 Å². The number of nitrogens with zero attached hydrogens (tertiary/aromatic N) is 4. The van der Waals surface area contributed by atoms with Crippen LogP contribution in [0.15, 0.2) is 85.1 Å². The lowest BCUT2D eigenvalue weighted by Gasteiger charge is -2.37. The highest BCUT2D eigenvalue weighted by molar-refractivity contribution is 6.30. The number of piperidine rings is 1. The Labute approximate surface area is 245 Å². The maximum Gasteiger partial charge on any atom is 0.257 e. The summed E-state index contributed by atoms with van der Waals surface area (Å²) < 4.78 is 7.10. The second-order valence-electron chi connectivity index (χ2n) is 10.7. The van der Waals surface area contributed by atoms with Gasteiger partial charge in [0.2, 0.25) is 0 Å². The molecule has 2 atom stereocenters. The molecule has 2 amide bonds. The van der Waals surface area contributed by atoms with Gasteiger partial charge in [0.05, 0.1) is 36.3 Å². The molecule has 3 heterocycles. The van der Waals surface area contributed by atoms with E-state index in [0.717, 1.165) is 37.1 Å². The summed E-state index contributed by atoms with van der Waals surface area (Å²) >= 11 is 6.20. The summed E-state index contributed by atoms with van der Waals surface area (Å²) in [5, 5.41) is 5.34. The molecule has 7 nitrogen and oxygen atoms in total. The highest BCUT2D eigenvalue weighted by Gasteiger charge is 2.37. The van der Waals surface area contributed by atoms with Crippen molar-refractivity contribution in [1.29, 1.82) is 0 Å². The zero-order chi connectivity index (χ0) is 28.3. The Balaban J connectivity index is 1.37. The van der Waals surface area contributed by atoms with Gasteiger partial charge in [0.1, 0.15) is 5.75 Å². The van der Waals surface area contributed by atoms with E-state index in [1.807, 2.05) is 56.9 Å². The fraction of sp³-hybridized carbons (Fsp3) is 0.303. The number of amides is 2. The van der Waals surface area contributed by atoms with E-state index in [0.29, 0.717) is 47.5 Å². The minimum absolute atomic E-state index is 0.0407. The van der Waals surface area contributed by atoms with E-state index < -0.39 is 0 Å². The number of carbonyl (C=O) groups excluding carboxylic acids is 2. The van der Waals surface area contributed by atoms with Gasteiger partial charge in [0, 0.05) is 36.1 Å². The average Bonchev–Trinajstić information content (AvgIpc) is 3.70. The van der Waals surface area contributed by atoms with Gasteiger partial charge in [-0.05, 0) is 79.8 Å². The van der Waals surface area contributed by atoms with Crippen LogP contribution in [0.4, 0.5) is 0 Å². The highest BCUT2D eigenvalue weighted by atomic mass is 35.5. The fourth-order valence-electron chi connectivity index (χ4n) is 6.10. The third kappa shape index (κ3) is 5.46. The Hall–Kier alpha value is -4.10. The minimum atomic E-state index is -0.303. The molecular formula is C33H33ClN4O3. The number of likely N-dealkylation sites (tertiary alicyclic amines) is 2. The molecule has 2 fully saturated rings. The number of halogens is 1. The molecule has 41 heavy (non-hydrogen) atoms. The van der Waals surface area contributed by atoms with E-state index in [-0.39, 0.29) is 17.9 Å². The van der Waals surface area contributed by atoms with Gasteiger partial charge in [-0.2, -0.15) is 5.10 Å². The lowest BCUT2D eigenvalue weighted by atomic mass is 9.95. The van der Waals surface area contributed by atoms with Gasteiger partial charge < -0.3 is 14.5 Å². The second kappa shape index (κ2) is 11.8. The van der Waals surface area contributed by atoms with E-state index in [9.17, 15) is 9.59 Å². The monoisotopic (exact) mass is 568 g/mol. The average molecular weight is 569 g/mol. The molecule has 0 radical (unpaired) electrons. The zero-order valence-corrected chi connectivity index (χ0v) is 23.8. The molecule has 2 saturated heterocycles. The third-order valence-corrected chi connectivity index (χ3v) is 8.52. The first-order chi connectivity index (χ1) is 20.0. The summed E-state index contributed by atoms with van der Waals surface area (Å²) in [4.78, 5) is 31.9. The van der Waals surface area contributed by atoms with E-state index in [2.05, 4.69) is 12.1 Å². The standard InChI is InChI=1S/C33H33ClN4O3/c1-41-28-16-10-24(11-17-28)32(39)37-19-6-5-9-30(37)31-29(21-35-38(31)27-14-12-26(34)13-15-27)33(40)36-20-18-25(22-36)23-7-3-2-4-8-23/h2-4,7-8,10-17,21,25,30H,5-6,9,18-20,22H2,1H3/t25-,30?/m0/s1. The van der Waals surface area contributed by atoms with Crippen molar-refractivity contribution in [2.24, 2.45) is 0 Å². The molecule has 0 bridgehead atoms. The number of ether oxygens (including phenoxy) is 1. The lowest BCUT2D eigenvalue weighted by Crippen LogP contribution is -2.40.